The predicted molar refractivity (Wildman–Crippen MR) is 73.1 cm³/mol. The number of hydrogen-bond acceptors (Lipinski definition) is 2. The minimum atomic E-state index is 0.851. The molecule has 1 saturated heterocycles. The van der Waals surface area contributed by atoms with Gasteiger partial charge < -0.3 is 5.32 Å². The SMILES string of the molecule is Cc1cccc(C)c1CNCC1CCCS1. The van der Waals surface area contributed by atoms with Crippen LogP contribution in [0.25, 0.3) is 0 Å². The first kappa shape index (κ1) is 12.0. The van der Waals surface area contributed by atoms with Crippen molar-refractivity contribution in [2.24, 2.45) is 0 Å². The molecule has 0 bridgehead atoms. The molecule has 1 aromatic rings. The summed E-state index contributed by atoms with van der Waals surface area (Å²) in [5, 5.41) is 4.46. The van der Waals surface area contributed by atoms with E-state index in [1.165, 1.54) is 41.8 Å². The zero-order chi connectivity index (χ0) is 11.4. The smallest absolute Gasteiger partial charge is 0.0211 e. The molecule has 0 aliphatic carbocycles. The van der Waals surface area contributed by atoms with E-state index in [2.05, 4.69) is 49.1 Å². The summed E-state index contributed by atoms with van der Waals surface area (Å²) in [6, 6.07) is 6.55. The van der Waals surface area contributed by atoms with Gasteiger partial charge in [0.15, 0.2) is 0 Å². The van der Waals surface area contributed by atoms with E-state index >= 15 is 0 Å². The monoisotopic (exact) mass is 235 g/mol. The minimum Gasteiger partial charge on any atom is -0.312 e. The number of rotatable bonds is 4. The Morgan fingerprint density at radius 1 is 1.31 bits per heavy atom. The molecule has 0 spiro atoms. The van der Waals surface area contributed by atoms with Gasteiger partial charge in [-0.25, -0.2) is 0 Å². The number of hydrogen-bond donors (Lipinski definition) is 1. The van der Waals surface area contributed by atoms with Crippen LogP contribution in [0.4, 0.5) is 0 Å². The summed E-state index contributed by atoms with van der Waals surface area (Å²) in [7, 11) is 0. The van der Waals surface area contributed by atoms with Gasteiger partial charge in [0.1, 0.15) is 0 Å². The molecule has 1 nitrogen and oxygen atoms in total. The van der Waals surface area contributed by atoms with Crippen molar-refractivity contribution in [3.8, 4) is 0 Å². The van der Waals surface area contributed by atoms with Crippen LogP contribution in [0.1, 0.15) is 29.5 Å². The van der Waals surface area contributed by atoms with E-state index in [1.54, 1.807) is 0 Å². The maximum Gasteiger partial charge on any atom is 0.0211 e. The Kier molecular flexibility index (Phi) is 4.30. The Balaban J connectivity index is 1.84. The molecule has 16 heavy (non-hydrogen) atoms. The molecule has 1 fully saturated rings. The van der Waals surface area contributed by atoms with Gasteiger partial charge in [0, 0.05) is 18.3 Å². The number of aryl methyl sites for hydroxylation is 2. The van der Waals surface area contributed by atoms with E-state index in [1.807, 2.05) is 0 Å². The normalized spacial score (nSPS) is 20.2. The number of nitrogens with one attached hydrogen (secondary N) is 1. The van der Waals surface area contributed by atoms with Crippen molar-refractivity contribution in [2.75, 3.05) is 12.3 Å². The Bertz CT molecular complexity index is 322. The molecule has 1 aliphatic heterocycles. The van der Waals surface area contributed by atoms with Crippen LogP contribution in [0.2, 0.25) is 0 Å². The van der Waals surface area contributed by atoms with Crippen molar-refractivity contribution in [3.63, 3.8) is 0 Å². The maximum absolute atomic E-state index is 3.60. The molecular formula is C14H21NS. The molecule has 0 radical (unpaired) electrons. The number of benzene rings is 1. The fourth-order valence-electron chi connectivity index (χ4n) is 2.29. The molecule has 1 unspecified atom stereocenters. The average Bonchev–Trinajstić information content (AvgIpc) is 2.75. The second-order valence-corrected chi connectivity index (χ2v) is 6.04. The highest BCUT2D eigenvalue weighted by atomic mass is 32.2. The quantitative estimate of drug-likeness (QED) is 0.859. The molecule has 0 saturated carbocycles. The van der Waals surface area contributed by atoms with Crippen molar-refractivity contribution in [1.29, 1.82) is 0 Å². The summed E-state index contributed by atoms with van der Waals surface area (Å²) in [6.07, 6.45) is 2.80. The van der Waals surface area contributed by atoms with E-state index in [-0.39, 0.29) is 0 Å². The molecule has 1 N–H and O–H groups in total. The van der Waals surface area contributed by atoms with Crippen molar-refractivity contribution in [2.45, 2.75) is 38.5 Å². The third-order valence-corrected chi connectivity index (χ3v) is 4.74. The standard InChI is InChI=1S/C14H21NS/c1-11-5-3-6-12(2)14(11)10-15-9-13-7-4-8-16-13/h3,5-6,13,15H,4,7-10H2,1-2H3. The Labute approximate surface area is 103 Å². The van der Waals surface area contributed by atoms with Gasteiger partial charge in [0.25, 0.3) is 0 Å². The molecule has 2 rings (SSSR count). The molecule has 1 aromatic carbocycles. The van der Waals surface area contributed by atoms with Crippen molar-refractivity contribution >= 4 is 11.8 Å². The Hall–Kier alpha value is -0.470. The zero-order valence-electron chi connectivity index (χ0n) is 10.3. The summed E-state index contributed by atoms with van der Waals surface area (Å²) in [4.78, 5) is 0. The minimum absolute atomic E-state index is 0.851. The number of thioether (sulfide) groups is 1. The molecule has 0 amide bonds. The van der Waals surface area contributed by atoms with Gasteiger partial charge >= 0.3 is 0 Å². The zero-order valence-corrected chi connectivity index (χ0v) is 11.1. The van der Waals surface area contributed by atoms with Crippen LogP contribution < -0.4 is 5.32 Å². The van der Waals surface area contributed by atoms with Crippen LogP contribution in [0, 0.1) is 13.8 Å². The average molecular weight is 235 g/mol. The van der Waals surface area contributed by atoms with Crippen LogP contribution >= 0.6 is 11.8 Å². The highest BCUT2D eigenvalue weighted by molar-refractivity contribution is 8.00. The Morgan fingerprint density at radius 3 is 2.69 bits per heavy atom. The fourth-order valence-corrected chi connectivity index (χ4v) is 3.53. The van der Waals surface area contributed by atoms with Gasteiger partial charge in [0.05, 0.1) is 0 Å². The van der Waals surface area contributed by atoms with E-state index in [0.29, 0.717) is 0 Å². The highest BCUT2D eigenvalue weighted by Crippen LogP contribution is 2.25. The van der Waals surface area contributed by atoms with Crippen LogP contribution in [0.5, 0.6) is 0 Å². The second kappa shape index (κ2) is 5.74. The summed E-state index contributed by atoms with van der Waals surface area (Å²) in [6.45, 7) is 6.59. The van der Waals surface area contributed by atoms with Gasteiger partial charge in [0.2, 0.25) is 0 Å². The molecule has 1 atom stereocenters. The molecular weight excluding hydrogens is 214 g/mol. The van der Waals surface area contributed by atoms with Gasteiger partial charge in [-0.1, -0.05) is 18.2 Å². The maximum atomic E-state index is 3.60. The van der Waals surface area contributed by atoms with Gasteiger partial charge in [-0.15, -0.1) is 0 Å². The molecule has 1 heterocycles. The molecule has 0 aromatic heterocycles. The predicted octanol–water partition coefficient (Wildman–Crippen LogP) is 3.29. The van der Waals surface area contributed by atoms with Crippen molar-refractivity contribution in [1.82, 2.24) is 5.32 Å². The van der Waals surface area contributed by atoms with Crippen molar-refractivity contribution in [3.05, 3.63) is 34.9 Å². The summed E-state index contributed by atoms with van der Waals surface area (Å²) >= 11 is 2.12. The van der Waals surface area contributed by atoms with E-state index < -0.39 is 0 Å². The highest BCUT2D eigenvalue weighted by Gasteiger charge is 2.14. The molecule has 2 heteroatoms. The first-order valence-corrected chi connectivity index (χ1v) is 7.19. The third-order valence-electron chi connectivity index (χ3n) is 3.34. The Morgan fingerprint density at radius 2 is 2.06 bits per heavy atom. The first-order valence-electron chi connectivity index (χ1n) is 6.15. The lowest BCUT2D eigenvalue weighted by molar-refractivity contribution is 0.643. The van der Waals surface area contributed by atoms with E-state index in [9.17, 15) is 0 Å². The van der Waals surface area contributed by atoms with Gasteiger partial charge in [-0.05, 0) is 49.1 Å². The molecule has 1 aliphatic rings. The summed E-state index contributed by atoms with van der Waals surface area (Å²) in [5.74, 6) is 1.36. The van der Waals surface area contributed by atoms with Crippen LogP contribution in [0.15, 0.2) is 18.2 Å². The first-order chi connectivity index (χ1) is 7.77. The topological polar surface area (TPSA) is 12.0 Å². The lowest BCUT2D eigenvalue weighted by atomic mass is 10.0. The van der Waals surface area contributed by atoms with Gasteiger partial charge in [-0.3, -0.25) is 0 Å². The largest absolute Gasteiger partial charge is 0.312 e. The van der Waals surface area contributed by atoms with Crippen LogP contribution in [-0.4, -0.2) is 17.5 Å². The fraction of sp³-hybridized carbons (Fsp3) is 0.571. The lowest BCUT2D eigenvalue weighted by Crippen LogP contribution is -2.23. The van der Waals surface area contributed by atoms with E-state index in [4.69, 9.17) is 0 Å². The lowest BCUT2D eigenvalue weighted by Gasteiger charge is -2.13. The summed E-state index contributed by atoms with van der Waals surface area (Å²) in [5.41, 5.74) is 4.30. The van der Waals surface area contributed by atoms with Gasteiger partial charge in [-0.2, -0.15) is 11.8 Å². The van der Waals surface area contributed by atoms with Crippen molar-refractivity contribution < 1.29 is 0 Å². The van der Waals surface area contributed by atoms with E-state index in [0.717, 1.165) is 11.8 Å². The third kappa shape index (κ3) is 3.02. The second-order valence-electron chi connectivity index (χ2n) is 4.64. The summed E-state index contributed by atoms with van der Waals surface area (Å²) < 4.78 is 0. The van der Waals surface area contributed by atoms with Crippen LogP contribution in [0.3, 0.4) is 0 Å². The molecule has 88 valence electrons. The van der Waals surface area contributed by atoms with Crippen LogP contribution in [-0.2, 0) is 6.54 Å².